The molecule has 4 rings (SSSR count). The maximum Gasteiger partial charge on any atom is 0.432 e. The van der Waals surface area contributed by atoms with Crippen molar-refractivity contribution < 1.29 is 49.3 Å². The first-order chi connectivity index (χ1) is 18.5. The summed E-state index contributed by atoms with van der Waals surface area (Å²) in [5, 5.41) is 0. The van der Waals surface area contributed by atoms with Crippen LogP contribution in [0.5, 0.6) is 5.75 Å². The number of hydrogen-bond acceptors (Lipinski definition) is 3. The van der Waals surface area contributed by atoms with Gasteiger partial charge in [-0.3, -0.25) is 0 Å². The fourth-order valence-corrected chi connectivity index (χ4v) is 4.36. The van der Waals surface area contributed by atoms with Crippen molar-refractivity contribution in [1.82, 2.24) is 0 Å². The third-order valence-electron chi connectivity index (χ3n) is 6.28. The Kier molecular flexibility index (Phi) is 8.80. The van der Waals surface area contributed by atoms with E-state index in [0.29, 0.717) is 43.9 Å². The van der Waals surface area contributed by atoms with Gasteiger partial charge in [0, 0.05) is 30.2 Å². The summed E-state index contributed by atoms with van der Waals surface area (Å²) in [5.74, 6) is -11.0. The number of rotatable bonds is 9. The second kappa shape index (κ2) is 11.9. The molecule has 0 aromatic heterocycles. The first kappa shape index (κ1) is 28.8. The fraction of sp³-hybridized carbons (Fsp3) is 0.357. The summed E-state index contributed by atoms with van der Waals surface area (Å²) in [6, 6.07) is 5.11. The number of halogens is 8. The first-order valence-electron chi connectivity index (χ1n) is 12.2. The van der Waals surface area contributed by atoms with Crippen LogP contribution in [0.15, 0.2) is 42.5 Å². The average Bonchev–Trinajstić information content (AvgIpc) is 2.87. The molecule has 0 aliphatic carbocycles. The van der Waals surface area contributed by atoms with E-state index in [4.69, 9.17) is 9.47 Å². The smallest absolute Gasteiger partial charge is 0.429 e. The van der Waals surface area contributed by atoms with Crippen molar-refractivity contribution in [3.63, 3.8) is 0 Å². The predicted molar refractivity (Wildman–Crippen MR) is 125 cm³/mol. The van der Waals surface area contributed by atoms with Gasteiger partial charge in [0.2, 0.25) is 0 Å². The number of benzene rings is 3. The summed E-state index contributed by atoms with van der Waals surface area (Å²) in [6.07, 6.45) is -2.79. The van der Waals surface area contributed by atoms with Crippen LogP contribution in [0, 0.1) is 40.8 Å². The summed E-state index contributed by atoms with van der Waals surface area (Å²) >= 11 is 0. The molecule has 0 spiro atoms. The summed E-state index contributed by atoms with van der Waals surface area (Å²) in [4.78, 5) is 0. The van der Waals surface area contributed by atoms with E-state index in [-0.39, 0.29) is 35.3 Å². The zero-order chi connectivity index (χ0) is 28.3. The van der Waals surface area contributed by atoms with Crippen molar-refractivity contribution >= 4 is 0 Å². The maximum atomic E-state index is 15.0. The minimum Gasteiger partial charge on any atom is -0.429 e. The molecule has 2 unspecified atom stereocenters. The molecule has 1 aliphatic rings. The molecule has 3 aromatic carbocycles. The topological polar surface area (TPSA) is 27.7 Å². The van der Waals surface area contributed by atoms with E-state index in [9.17, 15) is 35.1 Å². The lowest BCUT2D eigenvalue weighted by Gasteiger charge is -2.29. The van der Waals surface area contributed by atoms with Gasteiger partial charge in [-0.05, 0) is 48.6 Å². The Balaban J connectivity index is 1.51. The monoisotopic (exact) mass is 560 g/mol. The Hall–Kier alpha value is -3.18. The van der Waals surface area contributed by atoms with E-state index in [1.165, 1.54) is 12.1 Å². The molecule has 0 amide bonds. The van der Waals surface area contributed by atoms with Crippen LogP contribution in [-0.4, -0.2) is 19.8 Å². The highest BCUT2D eigenvalue weighted by Gasteiger charge is 2.41. The zero-order valence-corrected chi connectivity index (χ0v) is 20.7. The minimum atomic E-state index is -4.75. The van der Waals surface area contributed by atoms with Gasteiger partial charge in [-0.25, -0.2) is 26.3 Å². The molecule has 1 aliphatic heterocycles. The van der Waals surface area contributed by atoms with E-state index in [2.05, 4.69) is 4.74 Å². The largest absolute Gasteiger partial charge is 0.432 e. The fourth-order valence-electron chi connectivity index (χ4n) is 4.36. The van der Waals surface area contributed by atoms with Crippen LogP contribution in [0.3, 0.4) is 0 Å². The molecule has 210 valence electrons. The van der Waals surface area contributed by atoms with Gasteiger partial charge in [0.1, 0.15) is 28.8 Å². The molecule has 11 heteroatoms. The molecule has 1 heterocycles. The third-order valence-corrected chi connectivity index (χ3v) is 6.28. The molecule has 3 nitrogen and oxygen atoms in total. The molecule has 1 saturated heterocycles. The van der Waals surface area contributed by atoms with Crippen molar-refractivity contribution in [2.24, 2.45) is 5.92 Å². The van der Waals surface area contributed by atoms with Gasteiger partial charge in [0.15, 0.2) is 17.5 Å². The highest BCUT2D eigenvalue weighted by Crippen LogP contribution is 2.39. The predicted octanol–water partition coefficient (Wildman–Crippen LogP) is 8.21. The van der Waals surface area contributed by atoms with Crippen molar-refractivity contribution in [1.29, 1.82) is 0 Å². The second-order valence-electron chi connectivity index (χ2n) is 9.21. The van der Waals surface area contributed by atoms with Crippen molar-refractivity contribution in [2.45, 2.75) is 38.4 Å². The van der Waals surface area contributed by atoms with Gasteiger partial charge < -0.3 is 14.2 Å². The number of ether oxygens (including phenoxy) is 3. The Morgan fingerprint density at radius 2 is 1.51 bits per heavy atom. The van der Waals surface area contributed by atoms with E-state index in [0.717, 1.165) is 18.9 Å². The van der Waals surface area contributed by atoms with Crippen molar-refractivity contribution in [3.05, 3.63) is 88.5 Å². The normalized spacial score (nSPS) is 17.9. The van der Waals surface area contributed by atoms with Crippen LogP contribution >= 0.6 is 0 Å². The molecule has 0 bridgehead atoms. The molecule has 0 N–H and O–H groups in total. The van der Waals surface area contributed by atoms with Crippen molar-refractivity contribution in [3.8, 4) is 16.9 Å². The quantitative estimate of drug-likeness (QED) is 0.150. The summed E-state index contributed by atoms with van der Waals surface area (Å²) < 4.78 is 129. The summed E-state index contributed by atoms with van der Waals surface area (Å²) in [5.41, 5.74) is -1.98. The lowest BCUT2D eigenvalue weighted by Crippen LogP contribution is -2.25. The Labute approximate surface area is 219 Å². The van der Waals surface area contributed by atoms with E-state index in [1.54, 1.807) is 0 Å². The molecule has 1 fully saturated rings. The first-order valence-corrected chi connectivity index (χ1v) is 12.2. The van der Waals surface area contributed by atoms with Gasteiger partial charge >= 0.3 is 6.11 Å². The summed E-state index contributed by atoms with van der Waals surface area (Å²) in [7, 11) is 0. The van der Waals surface area contributed by atoms with Gasteiger partial charge in [-0.1, -0.05) is 19.1 Å². The molecule has 2 atom stereocenters. The van der Waals surface area contributed by atoms with Crippen LogP contribution < -0.4 is 4.74 Å². The Morgan fingerprint density at radius 3 is 2.08 bits per heavy atom. The maximum absolute atomic E-state index is 15.0. The molecule has 39 heavy (non-hydrogen) atoms. The summed E-state index contributed by atoms with van der Waals surface area (Å²) in [6.45, 7) is 3.68. The molecule has 3 aromatic rings. The van der Waals surface area contributed by atoms with Gasteiger partial charge in [-0.2, -0.15) is 8.78 Å². The van der Waals surface area contributed by atoms with E-state index in [1.807, 2.05) is 6.92 Å². The lowest BCUT2D eigenvalue weighted by molar-refractivity contribution is -0.189. The van der Waals surface area contributed by atoms with Gasteiger partial charge in [-0.15, -0.1) is 0 Å². The number of hydrogen-bond donors (Lipinski definition) is 0. The van der Waals surface area contributed by atoms with Gasteiger partial charge in [0.05, 0.1) is 19.3 Å². The highest BCUT2D eigenvalue weighted by atomic mass is 19.3. The Morgan fingerprint density at radius 1 is 0.846 bits per heavy atom. The van der Waals surface area contributed by atoms with Crippen LogP contribution in [0.2, 0.25) is 0 Å². The highest BCUT2D eigenvalue weighted by molar-refractivity contribution is 5.65. The standard InChI is InChI=1S/C28H24F8O3/c1-2-7-37-13-15-3-6-25(38-14-15)16-4-5-19(20(29)8-16)17-9-21(30)26(22(31)10-17)28(35,36)39-18-11-23(32)27(34)24(33)12-18/h4-5,8-12,15,25H,2-3,6-7,13-14H2,1H3. The number of alkyl halides is 2. The molecule has 0 saturated carbocycles. The van der Waals surface area contributed by atoms with Crippen LogP contribution in [0.4, 0.5) is 35.1 Å². The van der Waals surface area contributed by atoms with Crippen molar-refractivity contribution in [2.75, 3.05) is 19.8 Å². The second-order valence-corrected chi connectivity index (χ2v) is 9.21. The molecular weight excluding hydrogens is 536 g/mol. The van der Waals surface area contributed by atoms with E-state index >= 15 is 0 Å². The average molecular weight is 560 g/mol. The van der Waals surface area contributed by atoms with Crippen LogP contribution in [0.25, 0.3) is 11.1 Å². The molecular formula is C28H24F8O3. The SMILES string of the molecule is CCCOCC1CCC(c2ccc(-c3cc(F)c(C(F)(F)Oc4cc(F)c(F)c(F)c4)c(F)c3)c(F)c2)OC1. The van der Waals surface area contributed by atoms with Crippen LogP contribution in [-0.2, 0) is 15.6 Å². The van der Waals surface area contributed by atoms with E-state index < -0.39 is 52.3 Å². The molecule has 0 radical (unpaired) electrons. The zero-order valence-electron chi connectivity index (χ0n) is 20.7. The van der Waals surface area contributed by atoms with Crippen LogP contribution in [0.1, 0.15) is 43.4 Å². The lowest BCUT2D eigenvalue weighted by atomic mass is 9.93. The third kappa shape index (κ3) is 6.52. The van der Waals surface area contributed by atoms with Gasteiger partial charge in [0.25, 0.3) is 0 Å². The minimum absolute atomic E-state index is 0.101. The Bertz CT molecular complexity index is 1280.